The van der Waals surface area contributed by atoms with Crippen LogP contribution in [0.4, 0.5) is 0 Å². The van der Waals surface area contributed by atoms with E-state index in [9.17, 15) is 0 Å². The molecule has 3 heterocycles. The monoisotopic (exact) mass is 270 g/mol. The second-order valence-corrected chi connectivity index (χ2v) is 6.76. The van der Waals surface area contributed by atoms with Crippen LogP contribution in [0.3, 0.4) is 0 Å². The molecule has 2 unspecified atom stereocenters. The van der Waals surface area contributed by atoms with Crippen molar-refractivity contribution in [2.75, 3.05) is 19.6 Å². The Hall–Kier alpha value is -0.860. The zero-order valence-corrected chi connectivity index (χ0v) is 12.6. The van der Waals surface area contributed by atoms with Crippen LogP contribution >= 0.6 is 0 Å². The Morgan fingerprint density at radius 2 is 1.55 bits per heavy atom. The number of benzene rings is 1. The highest BCUT2D eigenvalue weighted by atomic mass is 15.3. The van der Waals surface area contributed by atoms with Gasteiger partial charge in [-0.25, -0.2) is 0 Å². The highest BCUT2D eigenvalue weighted by Gasteiger charge is 2.46. The Labute approximate surface area is 122 Å². The highest BCUT2D eigenvalue weighted by molar-refractivity contribution is 5.40. The molecule has 2 heteroatoms. The fourth-order valence-electron chi connectivity index (χ4n) is 4.85. The second-order valence-electron chi connectivity index (χ2n) is 6.76. The van der Waals surface area contributed by atoms with E-state index in [1.807, 2.05) is 0 Å². The van der Waals surface area contributed by atoms with Gasteiger partial charge in [-0.05, 0) is 62.9 Å². The number of rotatable bonds is 3. The van der Waals surface area contributed by atoms with E-state index in [0.29, 0.717) is 0 Å². The van der Waals surface area contributed by atoms with E-state index in [0.717, 1.165) is 18.1 Å². The molecule has 0 amide bonds. The largest absolute Gasteiger partial charge is 0.303 e. The van der Waals surface area contributed by atoms with Crippen molar-refractivity contribution in [3.05, 3.63) is 35.4 Å². The van der Waals surface area contributed by atoms with Crippen molar-refractivity contribution < 1.29 is 0 Å². The summed E-state index contributed by atoms with van der Waals surface area (Å²) in [7, 11) is 0. The number of likely N-dealkylation sites (tertiary alicyclic amines) is 1. The third kappa shape index (κ3) is 1.93. The summed E-state index contributed by atoms with van der Waals surface area (Å²) >= 11 is 0. The SMILES string of the molecule is CCCN1CCC(N2C3CCC2c2ccccc23)CC1. The predicted octanol–water partition coefficient (Wildman–Crippen LogP) is 3.75. The zero-order chi connectivity index (χ0) is 13.5. The molecule has 0 aliphatic carbocycles. The van der Waals surface area contributed by atoms with E-state index in [2.05, 4.69) is 41.0 Å². The molecule has 2 bridgehead atoms. The molecule has 3 aliphatic rings. The molecular weight excluding hydrogens is 244 g/mol. The van der Waals surface area contributed by atoms with E-state index in [1.54, 1.807) is 11.1 Å². The Morgan fingerprint density at radius 3 is 2.10 bits per heavy atom. The average Bonchev–Trinajstić information content (AvgIpc) is 3.06. The molecular formula is C18H26N2. The number of piperidine rings is 1. The van der Waals surface area contributed by atoms with Crippen molar-refractivity contribution in [2.45, 2.75) is 57.2 Å². The van der Waals surface area contributed by atoms with Gasteiger partial charge in [-0.3, -0.25) is 4.90 Å². The van der Waals surface area contributed by atoms with Crippen molar-refractivity contribution in [3.63, 3.8) is 0 Å². The van der Waals surface area contributed by atoms with Crippen molar-refractivity contribution in [3.8, 4) is 0 Å². The molecule has 4 rings (SSSR count). The Morgan fingerprint density at radius 1 is 0.950 bits per heavy atom. The molecule has 1 aromatic rings. The first-order chi connectivity index (χ1) is 9.88. The van der Waals surface area contributed by atoms with Crippen LogP contribution in [-0.4, -0.2) is 35.5 Å². The van der Waals surface area contributed by atoms with Crippen LogP contribution in [0, 0.1) is 0 Å². The van der Waals surface area contributed by atoms with Gasteiger partial charge in [0.1, 0.15) is 0 Å². The summed E-state index contributed by atoms with van der Waals surface area (Å²) in [4.78, 5) is 5.54. The normalized spacial score (nSPS) is 30.9. The smallest absolute Gasteiger partial charge is 0.0361 e. The lowest BCUT2D eigenvalue weighted by Gasteiger charge is -2.39. The van der Waals surface area contributed by atoms with Gasteiger partial charge in [0.2, 0.25) is 0 Å². The number of nitrogens with zero attached hydrogens (tertiary/aromatic N) is 2. The highest BCUT2D eigenvalue weighted by Crippen LogP contribution is 2.54. The fraction of sp³-hybridized carbons (Fsp3) is 0.667. The van der Waals surface area contributed by atoms with Crippen molar-refractivity contribution in [1.29, 1.82) is 0 Å². The number of hydrogen-bond donors (Lipinski definition) is 0. The van der Waals surface area contributed by atoms with Crippen LogP contribution in [0.1, 0.15) is 62.2 Å². The van der Waals surface area contributed by atoms with Gasteiger partial charge in [-0.15, -0.1) is 0 Å². The lowest BCUT2D eigenvalue weighted by Crippen LogP contribution is -2.43. The average molecular weight is 270 g/mol. The van der Waals surface area contributed by atoms with Gasteiger partial charge in [0.25, 0.3) is 0 Å². The molecule has 2 atom stereocenters. The van der Waals surface area contributed by atoms with Crippen molar-refractivity contribution >= 4 is 0 Å². The standard InChI is InChI=1S/C18H26N2/c1-2-11-19-12-9-14(10-13-19)20-17-7-8-18(20)16-6-4-3-5-15(16)17/h3-6,14,17-18H,2,7-13H2,1H3. The topological polar surface area (TPSA) is 6.48 Å². The maximum Gasteiger partial charge on any atom is 0.0361 e. The maximum absolute atomic E-state index is 2.88. The molecule has 20 heavy (non-hydrogen) atoms. The van der Waals surface area contributed by atoms with Crippen LogP contribution in [-0.2, 0) is 0 Å². The lowest BCUT2D eigenvalue weighted by molar-refractivity contribution is 0.0814. The molecule has 0 N–H and O–H groups in total. The Bertz CT molecular complexity index is 445. The second kappa shape index (κ2) is 5.16. The third-order valence-corrected chi connectivity index (χ3v) is 5.67. The summed E-state index contributed by atoms with van der Waals surface area (Å²) in [5.41, 5.74) is 3.28. The molecule has 0 saturated carbocycles. The molecule has 0 spiro atoms. The van der Waals surface area contributed by atoms with Crippen molar-refractivity contribution in [1.82, 2.24) is 9.80 Å². The predicted molar refractivity (Wildman–Crippen MR) is 82.8 cm³/mol. The van der Waals surface area contributed by atoms with Crippen LogP contribution in [0.2, 0.25) is 0 Å². The fourth-order valence-corrected chi connectivity index (χ4v) is 4.85. The van der Waals surface area contributed by atoms with Gasteiger partial charge in [0, 0.05) is 18.1 Å². The molecule has 0 aromatic heterocycles. The van der Waals surface area contributed by atoms with Gasteiger partial charge < -0.3 is 4.90 Å². The summed E-state index contributed by atoms with van der Waals surface area (Å²) in [6, 6.07) is 11.5. The first-order valence-corrected chi connectivity index (χ1v) is 8.47. The first-order valence-electron chi connectivity index (χ1n) is 8.47. The molecule has 2 saturated heterocycles. The van der Waals surface area contributed by atoms with Crippen LogP contribution in [0.15, 0.2) is 24.3 Å². The van der Waals surface area contributed by atoms with E-state index in [1.165, 1.54) is 51.7 Å². The molecule has 1 aromatic carbocycles. The Balaban J connectivity index is 1.49. The first kappa shape index (κ1) is 12.8. The van der Waals surface area contributed by atoms with E-state index in [4.69, 9.17) is 0 Å². The van der Waals surface area contributed by atoms with Gasteiger partial charge in [0.05, 0.1) is 0 Å². The van der Waals surface area contributed by atoms with Gasteiger partial charge >= 0.3 is 0 Å². The van der Waals surface area contributed by atoms with Crippen LogP contribution in [0.5, 0.6) is 0 Å². The Kier molecular flexibility index (Phi) is 3.31. The minimum absolute atomic E-state index is 0.735. The minimum Gasteiger partial charge on any atom is -0.303 e. The summed E-state index contributed by atoms with van der Waals surface area (Å²) in [5, 5.41) is 0. The number of hydrogen-bond acceptors (Lipinski definition) is 2. The third-order valence-electron chi connectivity index (χ3n) is 5.67. The minimum atomic E-state index is 0.735. The van der Waals surface area contributed by atoms with Gasteiger partial charge in [-0.1, -0.05) is 31.2 Å². The number of fused-ring (bicyclic) bond motifs is 5. The summed E-state index contributed by atoms with van der Waals surface area (Å²) < 4.78 is 0. The van der Waals surface area contributed by atoms with Gasteiger partial charge in [0.15, 0.2) is 0 Å². The summed E-state index contributed by atoms with van der Waals surface area (Å²) in [6.45, 7) is 6.21. The molecule has 2 nitrogen and oxygen atoms in total. The summed E-state index contributed by atoms with van der Waals surface area (Å²) in [6.07, 6.45) is 6.82. The van der Waals surface area contributed by atoms with Crippen LogP contribution in [0.25, 0.3) is 0 Å². The molecule has 2 fully saturated rings. The molecule has 0 radical (unpaired) electrons. The van der Waals surface area contributed by atoms with E-state index < -0.39 is 0 Å². The quantitative estimate of drug-likeness (QED) is 0.825. The van der Waals surface area contributed by atoms with E-state index in [-0.39, 0.29) is 0 Å². The molecule has 108 valence electrons. The van der Waals surface area contributed by atoms with Crippen molar-refractivity contribution in [2.24, 2.45) is 0 Å². The maximum atomic E-state index is 2.88. The lowest BCUT2D eigenvalue weighted by atomic mass is 9.92. The zero-order valence-electron chi connectivity index (χ0n) is 12.6. The van der Waals surface area contributed by atoms with E-state index >= 15 is 0 Å². The van der Waals surface area contributed by atoms with Crippen LogP contribution < -0.4 is 0 Å². The van der Waals surface area contributed by atoms with Gasteiger partial charge in [-0.2, -0.15) is 0 Å². The summed E-state index contributed by atoms with van der Waals surface area (Å²) in [5.74, 6) is 0. The molecule has 3 aliphatic heterocycles.